The first-order valence-electron chi connectivity index (χ1n) is 3.33. The summed E-state index contributed by atoms with van der Waals surface area (Å²) in [6.45, 7) is 0. The van der Waals surface area contributed by atoms with Crippen LogP contribution in [0, 0.1) is 0 Å². The van der Waals surface area contributed by atoms with E-state index in [0.29, 0.717) is 5.75 Å². The van der Waals surface area contributed by atoms with Gasteiger partial charge in [0.2, 0.25) is 0 Å². The molecule has 0 aromatic heterocycles. The van der Waals surface area contributed by atoms with Crippen molar-refractivity contribution in [1.82, 2.24) is 0 Å². The van der Waals surface area contributed by atoms with E-state index in [1.165, 1.54) is 0 Å². The molecule has 0 saturated carbocycles. The van der Waals surface area contributed by atoms with Crippen LogP contribution in [-0.4, -0.2) is 10.8 Å². The molecule has 2 N–H and O–H groups in total. The van der Waals surface area contributed by atoms with Gasteiger partial charge in [-0.15, -0.1) is 0 Å². The average Bonchev–Trinajstić information content (AvgIpc) is 1.85. The van der Waals surface area contributed by atoms with E-state index >= 15 is 0 Å². The van der Waals surface area contributed by atoms with Crippen molar-refractivity contribution in [2.75, 3.05) is 12.0 Å². The minimum absolute atomic E-state index is 0.588. The molecule has 0 aliphatic carbocycles. The van der Waals surface area contributed by atoms with Gasteiger partial charge in [-0.1, -0.05) is 23.3 Å². The van der Waals surface area contributed by atoms with Crippen molar-refractivity contribution in [3.05, 3.63) is 29.8 Å². The fourth-order valence-electron chi connectivity index (χ4n) is 0.918. The van der Waals surface area contributed by atoms with Crippen molar-refractivity contribution in [3.8, 4) is 0 Å². The van der Waals surface area contributed by atoms with E-state index in [4.69, 9.17) is 5.73 Å². The smallest absolute Gasteiger partial charge is 0.130 e. The van der Waals surface area contributed by atoms with Crippen molar-refractivity contribution in [2.45, 2.75) is 5.75 Å². The van der Waals surface area contributed by atoms with Crippen LogP contribution in [0.1, 0.15) is 5.56 Å². The number of hydrogen-bond acceptors (Lipinski definition) is 2. The Bertz CT molecular complexity index is 237. The zero-order valence-corrected chi connectivity index (χ0v) is 7.23. The van der Waals surface area contributed by atoms with Crippen LogP contribution in [-0.2, 0) is 16.9 Å². The highest BCUT2D eigenvalue weighted by molar-refractivity contribution is 7.89. The highest BCUT2D eigenvalue weighted by atomic mass is 32.2. The summed E-state index contributed by atoms with van der Waals surface area (Å²) < 4.78 is 10.8. The van der Waals surface area contributed by atoms with Gasteiger partial charge in [0.1, 0.15) is 5.75 Å². The molecule has 0 spiro atoms. The maximum Gasteiger partial charge on any atom is 0.130 e. The summed E-state index contributed by atoms with van der Waals surface area (Å²) in [7, 11) is 0. The van der Waals surface area contributed by atoms with Crippen molar-refractivity contribution >= 4 is 16.9 Å². The van der Waals surface area contributed by atoms with Crippen molar-refractivity contribution in [3.63, 3.8) is 0 Å². The lowest BCUT2D eigenvalue weighted by Crippen LogP contribution is -2.00. The quantitative estimate of drug-likeness (QED) is 0.533. The Kier molecular flexibility index (Phi) is 2.79. The largest absolute Gasteiger partial charge is 0.616 e. The van der Waals surface area contributed by atoms with E-state index in [2.05, 4.69) is 0 Å². The fraction of sp³-hybridized carbons (Fsp3) is 0.250. The second-order valence-electron chi connectivity index (χ2n) is 2.46. The third-order valence-electron chi connectivity index (χ3n) is 1.32. The maximum atomic E-state index is 10.8. The Labute approximate surface area is 69.6 Å². The van der Waals surface area contributed by atoms with Gasteiger partial charge in [-0.2, -0.15) is 0 Å². The SMILES string of the molecule is C[S+]([O-])Cc1cccc(N)c1. The zero-order chi connectivity index (χ0) is 8.27. The van der Waals surface area contributed by atoms with Crippen LogP contribution in [0.5, 0.6) is 0 Å². The van der Waals surface area contributed by atoms with Crippen LogP contribution < -0.4 is 5.73 Å². The van der Waals surface area contributed by atoms with Crippen molar-refractivity contribution in [2.24, 2.45) is 0 Å². The number of nitrogen functional groups attached to an aromatic ring is 1. The highest BCUT2D eigenvalue weighted by Gasteiger charge is 1.99. The number of nitrogens with two attached hydrogens (primary N) is 1. The molecule has 60 valence electrons. The van der Waals surface area contributed by atoms with Crippen LogP contribution >= 0.6 is 0 Å². The lowest BCUT2D eigenvalue weighted by Gasteiger charge is -2.04. The lowest BCUT2D eigenvalue weighted by atomic mass is 10.2. The summed E-state index contributed by atoms with van der Waals surface area (Å²) in [6, 6.07) is 7.47. The third-order valence-corrected chi connectivity index (χ3v) is 2.06. The lowest BCUT2D eigenvalue weighted by molar-refractivity contribution is 0.600. The van der Waals surface area contributed by atoms with Crippen LogP contribution in [0.3, 0.4) is 0 Å². The normalized spacial score (nSPS) is 12.9. The van der Waals surface area contributed by atoms with Gasteiger partial charge in [0.05, 0.1) is 6.26 Å². The molecule has 0 bridgehead atoms. The molecule has 0 radical (unpaired) electrons. The van der Waals surface area contributed by atoms with Crippen molar-refractivity contribution < 1.29 is 4.55 Å². The predicted octanol–water partition coefficient (Wildman–Crippen LogP) is 1.15. The molecular weight excluding hydrogens is 158 g/mol. The second kappa shape index (κ2) is 3.64. The molecule has 0 aliphatic heterocycles. The molecule has 0 heterocycles. The van der Waals surface area contributed by atoms with Crippen LogP contribution in [0.4, 0.5) is 5.69 Å². The summed E-state index contributed by atoms with van der Waals surface area (Å²) in [5.41, 5.74) is 7.30. The molecule has 1 aromatic rings. The minimum Gasteiger partial charge on any atom is -0.616 e. The average molecular weight is 169 g/mol. The molecule has 1 aromatic carbocycles. The minimum atomic E-state index is -0.780. The van der Waals surface area contributed by atoms with E-state index in [-0.39, 0.29) is 0 Å². The Hall–Kier alpha value is -0.670. The van der Waals surface area contributed by atoms with Gasteiger partial charge in [-0.3, -0.25) is 0 Å². The second-order valence-corrected chi connectivity index (χ2v) is 3.90. The van der Waals surface area contributed by atoms with Crippen molar-refractivity contribution in [1.29, 1.82) is 0 Å². The Morgan fingerprint density at radius 1 is 1.55 bits per heavy atom. The molecule has 0 saturated heterocycles. The van der Waals surface area contributed by atoms with E-state index in [0.717, 1.165) is 11.3 Å². The van der Waals surface area contributed by atoms with Gasteiger partial charge in [0, 0.05) is 11.3 Å². The van der Waals surface area contributed by atoms with Gasteiger partial charge >= 0.3 is 0 Å². The molecule has 3 heteroatoms. The molecule has 1 atom stereocenters. The van der Waals surface area contributed by atoms with E-state index < -0.39 is 11.2 Å². The Morgan fingerprint density at radius 2 is 2.27 bits per heavy atom. The molecule has 0 aliphatic rings. The molecule has 2 nitrogen and oxygen atoms in total. The van der Waals surface area contributed by atoms with Gasteiger partial charge in [-0.05, 0) is 12.1 Å². The monoisotopic (exact) mass is 169 g/mol. The number of hydrogen-bond donors (Lipinski definition) is 1. The topological polar surface area (TPSA) is 49.1 Å². The van der Waals surface area contributed by atoms with Crippen LogP contribution in [0.15, 0.2) is 24.3 Å². The number of benzene rings is 1. The van der Waals surface area contributed by atoms with Crippen LogP contribution in [0.25, 0.3) is 0 Å². The maximum absolute atomic E-state index is 10.8. The standard InChI is InChI=1S/C8H11NOS/c1-11(10)6-7-3-2-4-8(9)5-7/h2-5H,6,9H2,1H3. The van der Waals surface area contributed by atoms with Gasteiger partial charge in [0.15, 0.2) is 0 Å². The molecule has 1 unspecified atom stereocenters. The number of rotatable bonds is 2. The van der Waals surface area contributed by atoms with Gasteiger partial charge < -0.3 is 10.3 Å². The van der Waals surface area contributed by atoms with E-state index in [1.54, 1.807) is 6.26 Å². The van der Waals surface area contributed by atoms with Gasteiger partial charge in [0.25, 0.3) is 0 Å². The first-order valence-corrected chi connectivity index (χ1v) is 5.05. The molecule has 0 fully saturated rings. The van der Waals surface area contributed by atoms with Crippen LogP contribution in [0.2, 0.25) is 0 Å². The summed E-state index contributed by atoms with van der Waals surface area (Å²) in [4.78, 5) is 0. The summed E-state index contributed by atoms with van der Waals surface area (Å²) in [6.07, 6.45) is 1.68. The Morgan fingerprint density at radius 3 is 2.82 bits per heavy atom. The fourth-order valence-corrected chi connectivity index (χ4v) is 1.57. The molecule has 0 amide bonds. The first-order chi connectivity index (χ1) is 5.18. The third kappa shape index (κ3) is 2.82. The van der Waals surface area contributed by atoms with E-state index in [1.807, 2.05) is 24.3 Å². The highest BCUT2D eigenvalue weighted by Crippen LogP contribution is 2.09. The predicted molar refractivity (Wildman–Crippen MR) is 48.6 cm³/mol. The Balaban J connectivity index is 2.71. The van der Waals surface area contributed by atoms with E-state index in [9.17, 15) is 4.55 Å². The molecular formula is C8H11NOS. The summed E-state index contributed by atoms with van der Waals surface area (Å²) >= 11 is -0.780. The number of anilines is 1. The first kappa shape index (κ1) is 8.43. The summed E-state index contributed by atoms with van der Waals surface area (Å²) in [5, 5.41) is 0. The molecule has 1 rings (SSSR count). The molecule has 11 heavy (non-hydrogen) atoms. The summed E-state index contributed by atoms with van der Waals surface area (Å²) in [5.74, 6) is 0.588. The zero-order valence-electron chi connectivity index (χ0n) is 6.41. The van der Waals surface area contributed by atoms with Gasteiger partial charge in [-0.25, -0.2) is 0 Å².